The minimum absolute atomic E-state index is 0.100. The molecule has 0 rings (SSSR count). The fourth-order valence-corrected chi connectivity index (χ4v) is 2.29. The van der Waals surface area contributed by atoms with Crippen LogP contribution in [0, 0.1) is 0 Å². The number of aliphatic hydroxyl groups is 1. The molecular formula is C24H38O5. The third-order valence-electron chi connectivity index (χ3n) is 3.94. The quantitative estimate of drug-likeness (QED) is 0.204. The second kappa shape index (κ2) is 20.6. The largest absolute Gasteiger partial charge is 0.462 e. The maximum Gasteiger partial charge on any atom is 0.306 e. The molecule has 0 radical (unpaired) electrons. The van der Waals surface area contributed by atoms with Gasteiger partial charge in [-0.2, -0.15) is 0 Å². The molecule has 5 heteroatoms. The third kappa shape index (κ3) is 19.0. The van der Waals surface area contributed by atoms with E-state index >= 15 is 0 Å². The first kappa shape index (κ1) is 26.9. The normalized spacial score (nSPS) is 13.1. The summed E-state index contributed by atoms with van der Waals surface area (Å²) in [5, 5.41) is 9.17. The van der Waals surface area contributed by atoms with Crippen molar-refractivity contribution in [3.05, 3.63) is 48.6 Å². The SMILES string of the molecule is CC/C=C\C/C=C\C/C=C\C/C=C\CCCCC(=O)OC(CO)COC(=O)CC. The lowest BCUT2D eigenvalue weighted by Crippen LogP contribution is -2.28. The summed E-state index contributed by atoms with van der Waals surface area (Å²) in [7, 11) is 0. The van der Waals surface area contributed by atoms with Gasteiger partial charge in [-0.05, 0) is 44.9 Å². The van der Waals surface area contributed by atoms with Crippen LogP contribution < -0.4 is 0 Å². The van der Waals surface area contributed by atoms with Gasteiger partial charge in [0.25, 0.3) is 0 Å². The highest BCUT2D eigenvalue weighted by molar-refractivity contribution is 5.70. The maximum atomic E-state index is 11.8. The second-order valence-corrected chi connectivity index (χ2v) is 6.58. The lowest BCUT2D eigenvalue weighted by molar-refractivity contribution is -0.161. The fourth-order valence-electron chi connectivity index (χ4n) is 2.29. The molecule has 0 amide bonds. The van der Waals surface area contributed by atoms with E-state index in [4.69, 9.17) is 9.47 Å². The van der Waals surface area contributed by atoms with Gasteiger partial charge in [0, 0.05) is 12.8 Å². The maximum absolute atomic E-state index is 11.8. The standard InChI is InChI=1S/C24H38O5/c1-3-5-6-7-8-9-10-11-12-13-14-15-16-17-18-19-24(27)29-22(20-25)21-28-23(26)4-2/h5-6,8-9,11-12,14-15,22,25H,3-4,7,10,13,16-21H2,1-2H3/b6-5-,9-8-,12-11-,15-14-. The topological polar surface area (TPSA) is 72.8 Å². The van der Waals surface area contributed by atoms with Crippen molar-refractivity contribution in [1.29, 1.82) is 0 Å². The van der Waals surface area contributed by atoms with Crippen LogP contribution in [0.25, 0.3) is 0 Å². The highest BCUT2D eigenvalue weighted by atomic mass is 16.6. The van der Waals surface area contributed by atoms with Gasteiger partial charge < -0.3 is 14.6 Å². The number of esters is 2. The predicted octanol–water partition coefficient (Wildman–Crippen LogP) is 5.21. The van der Waals surface area contributed by atoms with Gasteiger partial charge in [0.15, 0.2) is 6.10 Å². The van der Waals surface area contributed by atoms with Crippen molar-refractivity contribution in [3.63, 3.8) is 0 Å². The molecule has 1 unspecified atom stereocenters. The molecule has 0 saturated heterocycles. The number of carbonyl (C=O) groups excluding carboxylic acids is 2. The van der Waals surface area contributed by atoms with Crippen molar-refractivity contribution in [2.24, 2.45) is 0 Å². The van der Waals surface area contributed by atoms with E-state index in [1.165, 1.54) is 0 Å². The molecule has 0 aliphatic rings. The molecule has 0 heterocycles. The highest BCUT2D eigenvalue weighted by Gasteiger charge is 2.15. The van der Waals surface area contributed by atoms with E-state index in [-0.39, 0.29) is 31.6 Å². The van der Waals surface area contributed by atoms with Crippen LogP contribution in [-0.4, -0.2) is 36.4 Å². The Balaban J connectivity index is 3.69. The lowest BCUT2D eigenvalue weighted by Gasteiger charge is -2.15. The molecule has 0 saturated carbocycles. The van der Waals surface area contributed by atoms with E-state index in [2.05, 4.69) is 55.5 Å². The van der Waals surface area contributed by atoms with Crippen LogP contribution in [0.5, 0.6) is 0 Å². The van der Waals surface area contributed by atoms with Crippen molar-refractivity contribution in [1.82, 2.24) is 0 Å². The molecule has 0 spiro atoms. The molecule has 0 bridgehead atoms. The van der Waals surface area contributed by atoms with E-state index in [0.29, 0.717) is 6.42 Å². The Morgan fingerprint density at radius 3 is 1.97 bits per heavy atom. The molecule has 5 nitrogen and oxygen atoms in total. The number of allylic oxidation sites excluding steroid dienone is 8. The van der Waals surface area contributed by atoms with E-state index in [1.54, 1.807) is 6.92 Å². The molecule has 1 N–H and O–H groups in total. The van der Waals surface area contributed by atoms with Gasteiger partial charge in [0.1, 0.15) is 6.61 Å². The molecule has 0 aromatic heterocycles. The van der Waals surface area contributed by atoms with Crippen LogP contribution in [0.2, 0.25) is 0 Å². The number of hydrogen-bond donors (Lipinski definition) is 1. The van der Waals surface area contributed by atoms with Crippen LogP contribution in [0.3, 0.4) is 0 Å². The van der Waals surface area contributed by atoms with Gasteiger partial charge in [-0.15, -0.1) is 0 Å². The molecule has 1 atom stereocenters. The van der Waals surface area contributed by atoms with E-state index in [0.717, 1.165) is 44.9 Å². The van der Waals surface area contributed by atoms with Gasteiger partial charge in [-0.3, -0.25) is 9.59 Å². The van der Waals surface area contributed by atoms with Gasteiger partial charge in [0.2, 0.25) is 0 Å². The Morgan fingerprint density at radius 1 is 0.828 bits per heavy atom. The number of unbranched alkanes of at least 4 members (excludes halogenated alkanes) is 2. The van der Waals surface area contributed by atoms with E-state index < -0.39 is 6.10 Å². The summed E-state index contributed by atoms with van der Waals surface area (Å²) in [6.07, 6.45) is 23.6. The molecule has 0 aromatic rings. The van der Waals surface area contributed by atoms with Crippen molar-refractivity contribution in [2.75, 3.05) is 13.2 Å². The molecule has 0 aromatic carbocycles. The Morgan fingerprint density at radius 2 is 1.41 bits per heavy atom. The van der Waals surface area contributed by atoms with Crippen LogP contribution >= 0.6 is 0 Å². The van der Waals surface area contributed by atoms with Gasteiger partial charge >= 0.3 is 11.9 Å². The number of aliphatic hydroxyl groups excluding tert-OH is 1. The molecule has 0 aliphatic carbocycles. The average molecular weight is 407 g/mol. The van der Waals surface area contributed by atoms with Crippen LogP contribution in [0.1, 0.15) is 71.6 Å². The monoisotopic (exact) mass is 406 g/mol. The molecular weight excluding hydrogens is 368 g/mol. The zero-order valence-electron chi connectivity index (χ0n) is 18.1. The first-order valence-corrected chi connectivity index (χ1v) is 10.7. The van der Waals surface area contributed by atoms with Crippen molar-refractivity contribution in [3.8, 4) is 0 Å². The average Bonchev–Trinajstić information content (AvgIpc) is 2.73. The Bertz CT molecular complexity index is 531. The third-order valence-corrected chi connectivity index (χ3v) is 3.94. The van der Waals surface area contributed by atoms with Crippen LogP contribution in [0.4, 0.5) is 0 Å². The minimum atomic E-state index is -0.785. The highest BCUT2D eigenvalue weighted by Crippen LogP contribution is 2.05. The number of rotatable bonds is 17. The Hall–Kier alpha value is -2.14. The predicted molar refractivity (Wildman–Crippen MR) is 117 cm³/mol. The van der Waals surface area contributed by atoms with E-state index in [9.17, 15) is 14.7 Å². The first-order chi connectivity index (χ1) is 14.1. The summed E-state index contributed by atoms with van der Waals surface area (Å²) in [6.45, 7) is 3.36. The number of ether oxygens (including phenoxy) is 2. The second-order valence-electron chi connectivity index (χ2n) is 6.58. The zero-order valence-corrected chi connectivity index (χ0v) is 18.1. The minimum Gasteiger partial charge on any atom is -0.462 e. The zero-order chi connectivity index (χ0) is 21.6. The van der Waals surface area contributed by atoms with Crippen LogP contribution in [-0.2, 0) is 19.1 Å². The summed E-state index contributed by atoms with van der Waals surface area (Å²) in [5.74, 6) is -0.751. The fraction of sp³-hybridized carbons (Fsp3) is 0.583. The summed E-state index contributed by atoms with van der Waals surface area (Å²) < 4.78 is 9.99. The van der Waals surface area contributed by atoms with Crippen molar-refractivity contribution in [2.45, 2.75) is 77.7 Å². The van der Waals surface area contributed by atoms with E-state index in [1.807, 2.05) is 0 Å². The van der Waals surface area contributed by atoms with Crippen LogP contribution in [0.15, 0.2) is 48.6 Å². The van der Waals surface area contributed by atoms with Gasteiger partial charge in [-0.25, -0.2) is 0 Å². The smallest absolute Gasteiger partial charge is 0.306 e. The molecule has 0 fully saturated rings. The molecule has 164 valence electrons. The van der Waals surface area contributed by atoms with Gasteiger partial charge in [-0.1, -0.05) is 62.5 Å². The summed E-state index contributed by atoms with van der Waals surface area (Å²) >= 11 is 0. The Kier molecular flexibility index (Phi) is 19.1. The van der Waals surface area contributed by atoms with Crippen molar-refractivity contribution >= 4 is 11.9 Å². The summed E-state index contributed by atoms with van der Waals surface area (Å²) in [5.41, 5.74) is 0. The first-order valence-electron chi connectivity index (χ1n) is 10.7. The van der Waals surface area contributed by atoms with Gasteiger partial charge in [0.05, 0.1) is 6.61 Å². The molecule has 0 aliphatic heterocycles. The molecule has 29 heavy (non-hydrogen) atoms. The number of carbonyl (C=O) groups is 2. The summed E-state index contributed by atoms with van der Waals surface area (Å²) in [4.78, 5) is 22.8. The van der Waals surface area contributed by atoms with Crippen molar-refractivity contribution < 1.29 is 24.2 Å². The Labute approximate surface area is 176 Å². The lowest BCUT2D eigenvalue weighted by atomic mass is 10.2. The summed E-state index contributed by atoms with van der Waals surface area (Å²) in [6, 6.07) is 0. The number of hydrogen-bond acceptors (Lipinski definition) is 5.